The summed E-state index contributed by atoms with van der Waals surface area (Å²) in [5.74, 6) is -0.216. The summed E-state index contributed by atoms with van der Waals surface area (Å²) in [6, 6.07) is 25.3. The van der Waals surface area contributed by atoms with E-state index in [0.29, 0.717) is 10.7 Å². The van der Waals surface area contributed by atoms with Crippen molar-refractivity contribution in [2.24, 2.45) is 0 Å². The Hall–Kier alpha value is -4.36. The lowest BCUT2D eigenvalue weighted by atomic mass is 10.0. The molecule has 34 heavy (non-hydrogen) atoms. The predicted octanol–water partition coefficient (Wildman–Crippen LogP) is 6.23. The Morgan fingerprint density at radius 3 is 2.56 bits per heavy atom. The fraction of sp³-hybridized carbons (Fsp3) is 0.0370. The molecule has 1 N–H and O–H groups in total. The molecule has 0 saturated heterocycles. The van der Waals surface area contributed by atoms with Crippen molar-refractivity contribution in [3.05, 3.63) is 102 Å². The summed E-state index contributed by atoms with van der Waals surface area (Å²) < 4.78 is 2.01. The second-order valence-corrected chi connectivity index (χ2v) is 8.76. The van der Waals surface area contributed by atoms with Gasteiger partial charge >= 0.3 is 0 Å². The summed E-state index contributed by atoms with van der Waals surface area (Å²) in [5, 5.41) is 6.27. The number of aryl methyl sites for hydroxylation is 1. The van der Waals surface area contributed by atoms with Crippen molar-refractivity contribution in [1.29, 1.82) is 0 Å². The lowest BCUT2D eigenvalue weighted by Crippen LogP contribution is -2.13. The number of hydrogen-bond acceptors (Lipinski definition) is 5. The number of carbonyl (C=O) groups is 1. The summed E-state index contributed by atoms with van der Waals surface area (Å²) in [6.45, 7) is 1.97. The molecule has 6 nitrogen and oxygen atoms in total. The molecule has 0 unspecified atom stereocenters. The van der Waals surface area contributed by atoms with E-state index in [9.17, 15) is 4.79 Å². The number of thiazole rings is 1. The van der Waals surface area contributed by atoms with Gasteiger partial charge in [-0.2, -0.15) is 0 Å². The summed E-state index contributed by atoms with van der Waals surface area (Å²) in [7, 11) is 0. The lowest BCUT2D eigenvalue weighted by molar-refractivity contribution is 0.102. The van der Waals surface area contributed by atoms with Crippen molar-refractivity contribution < 1.29 is 4.79 Å². The number of hydrogen-bond donors (Lipinski definition) is 1. The van der Waals surface area contributed by atoms with E-state index >= 15 is 0 Å². The Balaban J connectivity index is 1.37. The van der Waals surface area contributed by atoms with E-state index in [1.54, 1.807) is 0 Å². The van der Waals surface area contributed by atoms with Gasteiger partial charge in [-0.3, -0.25) is 14.5 Å². The van der Waals surface area contributed by atoms with Crippen molar-refractivity contribution in [1.82, 2.24) is 19.4 Å². The molecule has 0 fully saturated rings. The molecule has 6 aromatic rings. The van der Waals surface area contributed by atoms with E-state index < -0.39 is 0 Å². The molecule has 0 radical (unpaired) electrons. The van der Waals surface area contributed by atoms with Crippen LogP contribution >= 0.6 is 11.3 Å². The molecule has 0 aliphatic rings. The maximum atomic E-state index is 13.4. The van der Waals surface area contributed by atoms with Gasteiger partial charge in [0.25, 0.3) is 5.91 Å². The molecule has 2 aromatic carbocycles. The number of fused-ring (bicyclic) bond motifs is 2. The molecule has 4 aromatic heterocycles. The van der Waals surface area contributed by atoms with Gasteiger partial charge in [0, 0.05) is 22.5 Å². The SMILES string of the molecule is Cc1nc2ccccn2c1-c1csc(NC(=O)c2cc(-c3ccccc3)nc3ccccc23)n1. The number of para-hydroxylation sites is 1. The van der Waals surface area contributed by atoms with E-state index in [1.165, 1.54) is 11.3 Å². The highest BCUT2D eigenvalue weighted by molar-refractivity contribution is 7.14. The van der Waals surface area contributed by atoms with Crippen LogP contribution in [0.25, 0.3) is 39.2 Å². The quantitative estimate of drug-likeness (QED) is 0.338. The van der Waals surface area contributed by atoms with Crippen LogP contribution in [0, 0.1) is 6.92 Å². The van der Waals surface area contributed by atoms with Crippen LogP contribution in [0.2, 0.25) is 0 Å². The van der Waals surface area contributed by atoms with Crippen molar-refractivity contribution in [2.45, 2.75) is 6.92 Å². The van der Waals surface area contributed by atoms with Crippen LogP contribution in [0.3, 0.4) is 0 Å². The molecule has 0 aliphatic heterocycles. The van der Waals surface area contributed by atoms with Crippen LogP contribution in [0.5, 0.6) is 0 Å². The molecule has 0 saturated carbocycles. The van der Waals surface area contributed by atoms with E-state index in [-0.39, 0.29) is 5.91 Å². The zero-order valence-corrected chi connectivity index (χ0v) is 19.1. The van der Waals surface area contributed by atoms with Crippen LogP contribution in [-0.2, 0) is 0 Å². The van der Waals surface area contributed by atoms with Gasteiger partial charge in [-0.25, -0.2) is 15.0 Å². The second-order valence-electron chi connectivity index (χ2n) is 7.90. The van der Waals surface area contributed by atoms with Gasteiger partial charge in [-0.05, 0) is 31.2 Å². The first kappa shape index (κ1) is 20.3. The molecular formula is C27H19N5OS. The van der Waals surface area contributed by atoms with Crippen LogP contribution in [0.15, 0.2) is 90.4 Å². The molecular weight excluding hydrogens is 442 g/mol. The Labute approximate surface area is 199 Å². The summed E-state index contributed by atoms with van der Waals surface area (Å²) in [4.78, 5) is 27.5. The fourth-order valence-corrected chi connectivity index (χ4v) is 4.84. The second kappa shape index (κ2) is 8.20. The van der Waals surface area contributed by atoms with E-state index in [2.05, 4.69) is 10.3 Å². The number of anilines is 1. The predicted molar refractivity (Wildman–Crippen MR) is 136 cm³/mol. The van der Waals surface area contributed by atoms with Gasteiger partial charge in [-0.15, -0.1) is 11.3 Å². The number of benzene rings is 2. The van der Waals surface area contributed by atoms with Gasteiger partial charge in [-0.1, -0.05) is 54.6 Å². The van der Waals surface area contributed by atoms with Crippen molar-refractivity contribution in [2.75, 3.05) is 5.32 Å². The van der Waals surface area contributed by atoms with Crippen LogP contribution in [0.1, 0.15) is 16.1 Å². The topological polar surface area (TPSA) is 72.2 Å². The average Bonchev–Trinajstić information content (AvgIpc) is 3.46. The molecule has 1 amide bonds. The molecule has 7 heteroatoms. The van der Waals surface area contributed by atoms with Crippen LogP contribution in [-0.4, -0.2) is 25.3 Å². The van der Waals surface area contributed by atoms with Crippen molar-refractivity contribution in [3.63, 3.8) is 0 Å². The van der Waals surface area contributed by atoms with Gasteiger partial charge in [0.15, 0.2) is 5.13 Å². The van der Waals surface area contributed by atoms with Gasteiger partial charge in [0.1, 0.15) is 11.3 Å². The molecule has 6 rings (SSSR count). The molecule has 0 aliphatic carbocycles. The summed E-state index contributed by atoms with van der Waals surface area (Å²) in [6.07, 6.45) is 1.97. The minimum Gasteiger partial charge on any atom is -0.298 e. The average molecular weight is 462 g/mol. The highest BCUT2D eigenvalue weighted by Gasteiger charge is 2.18. The first-order chi connectivity index (χ1) is 16.7. The number of carbonyl (C=O) groups excluding carboxylic acids is 1. The highest BCUT2D eigenvalue weighted by atomic mass is 32.1. The molecule has 0 atom stereocenters. The highest BCUT2D eigenvalue weighted by Crippen LogP contribution is 2.30. The Bertz CT molecular complexity index is 1670. The van der Waals surface area contributed by atoms with Crippen molar-refractivity contribution in [3.8, 4) is 22.6 Å². The lowest BCUT2D eigenvalue weighted by Gasteiger charge is -2.09. The molecule has 164 valence electrons. The molecule has 0 bridgehead atoms. The zero-order chi connectivity index (χ0) is 23.1. The largest absolute Gasteiger partial charge is 0.298 e. The van der Waals surface area contributed by atoms with Gasteiger partial charge in [0.05, 0.1) is 28.2 Å². The maximum absolute atomic E-state index is 13.4. The number of rotatable bonds is 4. The Morgan fingerprint density at radius 1 is 0.882 bits per heavy atom. The number of aromatic nitrogens is 4. The van der Waals surface area contributed by atoms with E-state index in [0.717, 1.165) is 44.9 Å². The van der Waals surface area contributed by atoms with E-state index in [4.69, 9.17) is 9.97 Å². The van der Waals surface area contributed by atoms with Crippen LogP contribution < -0.4 is 5.32 Å². The number of nitrogens with one attached hydrogen (secondary N) is 1. The number of pyridine rings is 2. The number of nitrogens with zero attached hydrogens (tertiary/aromatic N) is 4. The minimum atomic E-state index is -0.216. The Morgan fingerprint density at radius 2 is 1.68 bits per heavy atom. The van der Waals surface area contributed by atoms with Crippen molar-refractivity contribution >= 4 is 38.9 Å². The zero-order valence-electron chi connectivity index (χ0n) is 18.3. The minimum absolute atomic E-state index is 0.216. The monoisotopic (exact) mass is 461 g/mol. The third kappa shape index (κ3) is 3.52. The fourth-order valence-electron chi connectivity index (χ4n) is 4.15. The summed E-state index contributed by atoms with van der Waals surface area (Å²) in [5.41, 5.74) is 6.51. The normalized spacial score (nSPS) is 11.2. The van der Waals surface area contributed by atoms with E-state index in [1.807, 2.05) is 102 Å². The Kier molecular flexibility index (Phi) is 4.89. The molecule has 4 heterocycles. The maximum Gasteiger partial charge on any atom is 0.258 e. The standard InChI is InChI=1S/C27H19N5OS/c1-17-25(32-14-8-7-13-24(32)28-17)23-16-34-27(30-23)31-26(33)20-15-22(18-9-3-2-4-10-18)29-21-12-6-5-11-19(20)21/h2-16H,1H3,(H,30,31,33). The number of imidazole rings is 1. The van der Waals surface area contributed by atoms with Gasteiger partial charge in [0.2, 0.25) is 0 Å². The summed E-state index contributed by atoms with van der Waals surface area (Å²) >= 11 is 1.39. The third-order valence-corrected chi connectivity index (χ3v) is 6.46. The number of amides is 1. The van der Waals surface area contributed by atoms with Gasteiger partial charge < -0.3 is 0 Å². The third-order valence-electron chi connectivity index (χ3n) is 5.70. The first-order valence-corrected chi connectivity index (χ1v) is 11.7. The molecule has 0 spiro atoms. The van der Waals surface area contributed by atoms with Crippen LogP contribution in [0.4, 0.5) is 5.13 Å². The smallest absolute Gasteiger partial charge is 0.258 e. The first-order valence-electron chi connectivity index (χ1n) is 10.8.